The SMILES string of the molecule is CC/C=C\C/C=C\C/C=C\C/C=C\C/C=C\CC(=O)OC(COC(=O)CCCCCCCCCC)COC(=O)CCCCCCCCCCCCCCCCCCCC/C=C\C/C=C\C/C=C\CCCCCCC. The second-order valence-electron chi connectivity index (χ2n) is 20.6. The molecule has 0 fully saturated rings. The van der Waals surface area contributed by atoms with Crippen LogP contribution in [0.5, 0.6) is 0 Å². The predicted octanol–water partition coefficient (Wildman–Crippen LogP) is 21.3. The van der Waals surface area contributed by atoms with E-state index in [-0.39, 0.29) is 31.6 Å². The second-order valence-corrected chi connectivity index (χ2v) is 20.6. The van der Waals surface area contributed by atoms with E-state index in [9.17, 15) is 14.4 Å². The van der Waals surface area contributed by atoms with E-state index in [0.29, 0.717) is 12.8 Å². The Morgan fingerprint density at radius 3 is 0.892 bits per heavy atom. The molecule has 0 amide bonds. The lowest BCUT2D eigenvalue weighted by atomic mass is 10.0. The third kappa shape index (κ3) is 59.2. The molecule has 0 N–H and O–H groups in total. The van der Waals surface area contributed by atoms with Gasteiger partial charge in [-0.3, -0.25) is 14.4 Å². The maximum atomic E-state index is 12.7. The van der Waals surface area contributed by atoms with Gasteiger partial charge in [-0.2, -0.15) is 0 Å². The van der Waals surface area contributed by atoms with E-state index in [0.717, 1.165) is 83.5 Å². The Bertz CT molecular complexity index is 1460. The second kappa shape index (κ2) is 61.9. The van der Waals surface area contributed by atoms with Gasteiger partial charge in [0, 0.05) is 12.8 Å². The summed E-state index contributed by atoms with van der Waals surface area (Å²) in [5.41, 5.74) is 0. The Morgan fingerprint density at radius 2 is 0.568 bits per heavy atom. The summed E-state index contributed by atoms with van der Waals surface area (Å²) in [5.74, 6) is -1.04. The van der Waals surface area contributed by atoms with Crippen molar-refractivity contribution < 1.29 is 28.6 Å². The van der Waals surface area contributed by atoms with Gasteiger partial charge in [-0.15, -0.1) is 0 Å². The molecular formula is C68H116O6. The van der Waals surface area contributed by atoms with E-state index in [4.69, 9.17) is 14.2 Å². The number of ether oxygens (including phenoxy) is 3. The number of esters is 3. The zero-order chi connectivity index (χ0) is 53.6. The van der Waals surface area contributed by atoms with Gasteiger partial charge in [-0.1, -0.05) is 291 Å². The minimum atomic E-state index is -0.828. The molecule has 0 heterocycles. The molecule has 0 aromatic rings. The predicted molar refractivity (Wildman–Crippen MR) is 320 cm³/mol. The fourth-order valence-corrected chi connectivity index (χ4v) is 8.70. The van der Waals surface area contributed by atoms with E-state index in [1.807, 2.05) is 6.08 Å². The molecule has 0 radical (unpaired) electrons. The average Bonchev–Trinajstić information content (AvgIpc) is 3.40. The molecule has 1 unspecified atom stereocenters. The Hall–Kier alpha value is -3.67. The molecule has 0 aliphatic carbocycles. The van der Waals surface area contributed by atoms with Crippen molar-refractivity contribution in [3.8, 4) is 0 Å². The molecule has 0 bridgehead atoms. The molecular weight excluding hydrogens is 913 g/mol. The van der Waals surface area contributed by atoms with Gasteiger partial charge >= 0.3 is 17.9 Å². The lowest BCUT2D eigenvalue weighted by Crippen LogP contribution is -2.30. The first-order valence-electron chi connectivity index (χ1n) is 31.2. The monoisotopic (exact) mass is 1030 g/mol. The van der Waals surface area contributed by atoms with Gasteiger partial charge in [0.25, 0.3) is 0 Å². The molecule has 0 spiro atoms. The summed E-state index contributed by atoms with van der Waals surface area (Å²) in [4.78, 5) is 37.9. The molecule has 0 aliphatic rings. The minimum Gasteiger partial charge on any atom is -0.462 e. The van der Waals surface area contributed by atoms with E-state index in [1.165, 1.54) is 173 Å². The molecule has 0 aromatic heterocycles. The number of unbranched alkanes of at least 4 members (excludes halogenated alkanes) is 30. The van der Waals surface area contributed by atoms with Crippen molar-refractivity contribution in [3.05, 3.63) is 97.2 Å². The molecule has 6 nitrogen and oxygen atoms in total. The third-order valence-corrected chi connectivity index (χ3v) is 13.4. The Labute approximate surface area is 457 Å². The highest BCUT2D eigenvalue weighted by Gasteiger charge is 2.19. The average molecular weight is 1030 g/mol. The summed E-state index contributed by atoms with van der Waals surface area (Å²) >= 11 is 0. The zero-order valence-corrected chi connectivity index (χ0v) is 48.6. The van der Waals surface area contributed by atoms with Crippen LogP contribution in [0.15, 0.2) is 97.2 Å². The highest BCUT2D eigenvalue weighted by atomic mass is 16.6. The highest BCUT2D eigenvalue weighted by molar-refractivity contribution is 5.72. The van der Waals surface area contributed by atoms with Crippen LogP contribution >= 0.6 is 0 Å². The number of carbonyl (C=O) groups is 3. The van der Waals surface area contributed by atoms with Gasteiger partial charge in [-0.05, 0) is 83.5 Å². The number of hydrogen-bond acceptors (Lipinski definition) is 6. The van der Waals surface area contributed by atoms with Gasteiger partial charge in [0.1, 0.15) is 13.2 Å². The molecule has 424 valence electrons. The van der Waals surface area contributed by atoms with Crippen LogP contribution in [0, 0.1) is 0 Å². The van der Waals surface area contributed by atoms with Crippen molar-refractivity contribution in [1.29, 1.82) is 0 Å². The van der Waals surface area contributed by atoms with E-state index >= 15 is 0 Å². The van der Waals surface area contributed by atoms with Crippen molar-refractivity contribution >= 4 is 17.9 Å². The maximum Gasteiger partial charge on any atom is 0.310 e. The third-order valence-electron chi connectivity index (χ3n) is 13.4. The van der Waals surface area contributed by atoms with E-state index in [2.05, 4.69) is 106 Å². The van der Waals surface area contributed by atoms with Gasteiger partial charge in [-0.25, -0.2) is 0 Å². The normalized spacial score (nSPS) is 12.7. The molecule has 0 rings (SSSR count). The lowest BCUT2D eigenvalue weighted by Gasteiger charge is -2.18. The van der Waals surface area contributed by atoms with Gasteiger partial charge < -0.3 is 14.2 Å². The fourth-order valence-electron chi connectivity index (χ4n) is 8.70. The summed E-state index contributed by atoms with van der Waals surface area (Å²) in [6.45, 7) is 6.41. The van der Waals surface area contributed by atoms with Crippen molar-refractivity contribution in [1.82, 2.24) is 0 Å². The minimum absolute atomic E-state index is 0.0980. The topological polar surface area (TPSA) is 78.9 Å². The number of rotatable bonds is 56. The van der Waals surface area contributed by atoms with Crippen molar-refractivity contribution in [2.24, 2.45) is 0 Å². The van der Waals surface area contributed by atoms with Crippen LogP contribution in [-0.2, 0) is 28.6 Å². The smallest absolute Gasteiger partial charge is 0.310 e. The molecule has 6 heteroatoms. The summed E-state index contributed by atoms with van der Waals surface area (Å²) < 4.78 is 16.7. The largest absolute Gasteiger partial charge is 0.462 e. The van der Waals surface area contributed by atoms with Gasteiger partial charge in [0.05, 0.1) is 6.42 Å². The Kier molecular flexibility index (Phi) is 58.8. The first-order chi connectivity index (χ1) is 36.5. The maximum absolute atomic E-state index is 12.7. The van der Waals surface area contributed by atoms with E-state index < -0.39 is 12.1 Å². The van der Waals surface area contributed by atoms with Crippen LogP contribution in [0.1, 0.15) is 297 Å². The lowest BCUT2D eigenvalue weighted by molar-refractivity contribution is -0.166. The number of hydrogen-bond donors (Lipinski definition) is 0. The van der Waals surface area contributed by atoms with E-state index in [1.54, 1.807) is 6.08 Å². The van der Waals surface area contributed by atoms with Crippen molar-refractivity contribution in [2.45, 2.75) is 303 Å². The van der Waals surface area contributed by atoms with Crippen LogP contribution in [0.25, 0.3) is 0 Å². The molecule has 1 atom stereocenters. The van der Waals surface area contributed by atoms with Crippen molar-refractivity contribution in [3.63, 3.8) is 0 Å². The Balaban J connectivity index is 4.09. The molecule has 0 aliphatic heterocycles. The van der Waals surface area contributed by atoms with Crippen LogP contribution in [-0.4, -0.2) is 37.2 Å². The van der Waals surface area contributed by atoms with Gasteiger partial charge in [0.15, 0.2) is 6.10 Å². The quantitative estimate of drug-likeness (QED) is 0.0261. The molecule has 0 aromatic carbocycles. The molecule has 74 heavy (non-hydrogen) atoms. The van der Waals surface area contributed by atoms with Crippen molar-refractivity contribution in [2.75, 3.05) is 13.2 Å². The fraction of sp³-hybridized carbons (Fsp3) is 0.721. The molecule has 0 saturated carbocycles. The first kappa shape index (κ1) is 70.3. The Morgan fingerprint density at radius 1 is 0.297 bits per heavy atom. The number of allylic oxidation sites excluding steroid dienone is 15. The zero-order valence-electron chi connectivity index (χ0n) is 48.6. The number of carbonyl (C=O) groups excluding carboxylic acids is 3. The summed E-state index contributed by atoms with van der Waals surface area (Å²) in [6.07, 6.45) is 83.3. The molecule has 0 saturated heterocycles. The standard InChI is InChI=1S/C68H116O6/c1-4-7-10-13-16-19-21-23-25-26-27-28-29-30-31-32-33-34-35-36-37-38-39-40-41-42-44-45-47-49-52-55-58-61-67(70)73-64-65(63-72-66(69)60-57-54-51-18-15-12-9-6-3)74-68(71)62-59-56-53-50-48-46-43-24-22-20-17-14-11-8-5-2/h8,11,17,20-21,23-24,26-27,29-30,43,48,50,56,59,65H,4-7,9-10,12-16,18-19,22,25,28,31-42,44-47,49,51-55,57-58,60-64H2,1-3H3/b11-8-,20-17-,23-21-,27-26-,30-29-,43-24-,50-48-,59-56-. The van der Waals surface area contributed by atoms with Crippen LogP contribution in [0.3, 0.4) is 0 Å². The van der Waals surface area contributed by atoms with Crippen LogP contribution in [0.4, 0.5) is 0 Å². The summed E-state index contributed by atoms with van der Waals surface area (Å²) in [7, 11) is 0. The summed E-state index contributed by atoms with van der Waals surface area (Å²) in [6, 6.07) is 0. The highest BCUT2D eigenvalue weighted by Crippen LogP contribution is 2.16. The van der Waals surface area contributed by atoms with Crippen LogP contribution < -0.4 is 0 Å². The van der Waals surface area contributed by atoms with Gasteiger partial charge in [0.2, 0.25) is 0 Å². The summed E-state index contributed by atoms with van der Waals surface area (Å²) in [5, 5.41) is 0. The first-order valence-corrected chi connectivity index (χ1v) is 31.2. The van der Waals surface area contributed by atoms with Crippen LogP contribution in [0.2, 0.25) is 0 Å².